The van der Waals surface area contributed by atoms with E-state index in [2.05, 4.69) is 27.7 Å². The van der Waals surface area contributed by atoms with E-state index in [-0.39, 0.29) is 12.3 Å². The monoisotopic (exact) mass is 622 g/mol. The first-order chi connectivity index (χ1) is 20.8. The predicted molar refractivity (Wildman–Crippen MR) is 164 cm³/mol. The highest BCUT2D eigenvalue weighted by atomic mass is 19.2. The molecule has 0 radical (unpaired) electrons. The fourth-order valence-corrected chi connectivity index (χ4v) is 5.50. The quantitative estimate of drug-likeness (QED) is 0.0306. The molecule has 0 aliphatic rings. The first-order valence-corrected chi connectivity index (χ1v) is 17.2. The Morgan fingerprint density at radius 1 is 0.442 bits per heavy atom. The van der Waals surface area contributed by atoms with Gasteiger partial charge in [-0.3, -0.25) is 0 Å². The van der Waals surface area contributed by atoms with Gasteiger partial charge in [-0.25, -0.2) is 22.0 Å². The van der Waals surface area contributed by atoms with Crippen LogP contribution >= 0.6 is 0 Å². The van der Waals surface area contributed by atoms with Crippen LogP contribution in [0.4, 0.5) is 22.0 Å². The van der Waals surface area contributed by atoms with Crippen molar-refractivity contribution < 1.29 is 36.2 Å². The molecule has 0 spiro atoms. The average Bonchev–Trinajstić information content (AvgIpc) is 3.01. The molecule has 0 heterocycles. The molecule has 43 heavy (non-hydrogen) atoms. The van der Waals surface area contributed by atoms with Crippen LogP contribution in [0.3, 0.4) is 0 Å². The summed E-state index contributed by atoms with van der Waals surface area (Å²) in [5.74, 6) is -10.1. The standard InChI is InChI=1S/C35H59F5O3/c1-5-9-10-11-16-19-22-28(35(41-25-6-2,42-26-7-3)43-27-8-4)23-20-17-14-12-13-15-18-21-24-29-30(36)32(38)34(40)33(39)31(29)37/h28H,5-27H2,1-4H3. The fraction of sp³-hybridized carbons (Fsp3) is 0.829. The zero-order valence-electron chi connectivity index (χ0n) is 27.5. The summed E-state index contributed by atoms with van der Waals surface area (Å²) in [5, 5.41) is 0. The topological polar surface area (TPSA) is 27.7 Å². The van der Waals surface area contributed by atoms with Crippen LogP contribution in [0.25, 0.3) is 0 Å². The van der Waals surface area contributed by atoms with Gasteiger partial charge in [-0.2, -0.15) is 0 Å². The third-order valence-corrected chi connectivity index (χ3v) is 7.96. The van der Waals surface area contributed by atoms with Gasteiger partial charge in [-0.05, 0) is 44.9 Å². The van der Waals surface area contributed by atoms with E-state index in [0.717, 1.165) is 77.0 Å². The second kappa shape index (κ2) is 24.0. The Labute approximate surface area is 258 Å². The third kappa shape index (κ3) is 14.6. The van der Waals surface area contributed by atoms with Crippen molar-refractivity contribution in [2.45, 2.75) is 162 Å². The normalized spacial score (nSPS) is 12.8. The van der Waals surface area contributed by atoms with Gasteiger partial charge in [-0.15, -0.1) is 0 Å². The van der Waals surface area contributed by atoms with Gasteiger partial charge >= 0.3 is 0 Å². The number of unbranched alkanes of at least 4 members (excludes halogenated alkanes) is 12. The van der Waals surface area contributed by atoms with Crippen molar-refractivity contribution >= 4 is 0 Å². The van der Waals surface area contributed by atoms with Gasteiger partial charge in [0, 0.05) is 11.5 Å². The minimum atomic E-state index is -2.10. The van der Waals surface area contributed by atoms with Crippen molar-refractivity contribution in [2.75, 3.05) is 19.8 Å². The van der Waals surface area contributed by atoms with E-state index in [1.807, 2.05) is 0 Å². The van der Waals surface area contributed by atoms with Gasteiger partial charge in [0.2, 0.25) is 5.82 Å². The maximum Gasteiger partial charge on any atom is 0.285 e. The van der Waals surface area contributed by atoms with Gasteiger partial charge in [-0.1, -0.05) is 111 Å². The lowest BCUT2D eigenvalue weighted by molar-refractivity contribution is -0.406. The summed E-state index contributed by atoms with van der Waals surface area (Å²) in [6, 6.07) is 0. The number of ether oxygens (including phenoxy) is 3. The van der Waals surface area contributed by atoms with Crippen molar-refractivity contribution in [3.05, 3.63) is 34.6 Å². The zero-order valence-corrected chi connectivity index (χ0v) is 27.5. The van der Waals surface area contributed by atoms with Crippen molar-refractivity contribution in [1.82, 2.24) is 0 Å². The molecule has 3 nitrogen and oxygen atoms in total. The molecule has 0 aliphatic heterocycles. The Morgan fingerprint density at radius 2 is 0.791 bits per heavy atom. The summed E-state index contributed by atoms with van der Waals surface area (Å²) >= 11 is 0. The highest BCUT2D eigenvalue weighted by Gasteiger charge is 2.42. The lowest BCUT2D eigenvalue weighted by Gasteiger charge is -2.40. The highest BCUT2D eigenvalue weighted by Crippen LogP contribution is 2.35. The van der Waals surface area contributed by atoms with Crippen LogP contribution in [0.2, 0.25) is 0 Å². The van der Waals surface area contributed by atoms with Crippen LogP contribution in [0.15, 0.2) is 0 Å². The maximum absolute atomic E-state index is 13.9. The van der Waals surface area contributed by atoms with Crippen molar-refractivity contribution in [3.8, 4) is 0 Å². The van der Waals surface area contributed by atoms with E-state index in [1.54, 1.807) is 0 Å². The number of halogens is 5. The maximum atomic E-state index is 13.9. The molecule has 1 rings (SSSR count). The van der Waals surface area contributed by atoms with Crippen LogP contribution in [-0.4, -0.2) is 25.8 Å². The van der Waals surface area contributed by atoms with E-state index >= 15 is 0 Å². The Hall–Kier alpha value is -1.25. The summed E-state index contributed by atoms with van der Waals surface area (Å²) in [4.78, 5) is 0. The van der Waals surface area contributed by atoms with Crippen molar-refractivity contribution in [1.29, 1.82) is 0 Å². The van der Waals surface area contributed by atoms with Gasteiger partial charge in [0.25, 0.3) is 5.97 Å². The second-order valence-corrected chi connectivity index (χ2v) is 11.8. The fourth-order valence-electron chi connectivity index (χ4n) is 5.50. The molecule has 1 atom stereocenters. The van der Waals surface area contributed by atoms with Crippen molar-refractivity contribution in [3.63, 3.8) is 0 Å². The summed E-state index contributed by atoms with van der Waals surface area (Å²) < 4.78 is 86.9. The molecule has 0 aromatic heterocycles. The van der Waals surface area contributed by atoms with Crippen LogP contribution in [0.1, 0.15) is 155 Å². The largest absolute Gasteiger partial charge is 0.327 e. The van der Waals surface area contributed by atoms with Gasteiger partial charge in [0.1, 0.15) is 0 Å². The van der Waals surface area contributed by atoms with E-state index in [4.69, 9.17) is 14.2 Å². The Morgan fingerprint density at radius 3 is 1.19 bits per heavy atom. The molecule has 0 aliphatic carbocycles. The Balaban J connectivity index is 2.56. The molecule has 0 bridgehead atoms. The molecule has 0 saturated heterocycles. The predicted octanol–water partition coefficient (Wildman–Crippen LogP) is 11.7. The number of rotatable bonds is 28. The SMILES string of the molecule is CCCCCCCCC(CCCCCCCCCCc1c(F)c(F)c(F)c(F)c1F)C(OCCC)(OCCC)OCCC. The number of hydrogen-bond donors (Lipinski definition) is 0. The molecule has 1 aromatic rings. The molecule has 0 fully saturated rings. The van der Waals surface area contributed by atoms with E-state index in [1.165, 1.54) is 32.1 Å². The first kappa shape index (κ1) is 39.8. The Kier molecular flexibility index (Phi) is 22.2. The second-order valence-electron chi connectivity index (χ2n) is 11.8. The molecular weight excluding hydrogens is 563 g/mol. The van der Waals surface area contributed by atoms with Crippen LogP contribution < -0.4 is 0 Å². The van der Waals surface area contributed by atoms with Gasteiger partial charge in [0.05, 0.1) is 19.8 Å². The van der Waals surface area contributed by atoms with Crippen LogP contribution in [-0.2, 0) is 20.6 Å². The molecule has 1 unspecified atom stereocenters. The minimum Gasteiger partial charge on any atom is -0.327 e. The van der Waals surface area contributed by atoms with Crippen LogP contribution in [0.5, 0.6) is 0 Å². The van der Waals surface area contributed by atoms with Gasteiger partial charge < -0.3 is 14.2 Å². The lowest BCUT2D eigenvalue weighted by Crippen LogP contribution is -2.47. The van der Waals surface area contributed by atoms with E-state index in [0.29, 0.717) is 32.7 Å². The summed E-state index contributed by atoms with van der Waals surface area (Å²) in [7, 11) is 0. The molecule has 8 heteroatoms. The van der Waals surface area contributed by atoms with Crippen LogP contribution in [0, 0.1) is 35.0 Å². The van der Waals surface area contributed by atoms with E-state index < -0.39 is 40.6 Å². The smallest absolute Gasteiger partial charge is 0.285 e. The molecule has 0 N–H and O–H groups in total. The van der Waals surface area contributed by atoms with Gasteiger partial charge in [0.15, 0.2) is 23.3 Å². The first-order valence-electron chi connectivity index (χ1n) is 17.2. The van der Waals surface area contributed by atoms with E-state index in [9.17, 15) is 22.0 Å². The third-order valence-electron chi connectivity index (χ3n) is 7.96. The zero-order chi connectivity index (χ0) is 31.9. The molecule has 0 amide bonds. The summed E-state index contributed by atoms with van der Waals surface area (Å²) in [6.45, 7) is 10.4. The van der Waals surface area contributed by atoms with Crippen molar-refractivity contribution in [2.24, 2.45) is 5.92 Å². The molecule has 0 saturated carbocycles. The minimum absolute atomic E-state index is 0.159. The molecular formula is C35H59F5O3. The molecule has 1 aromatic carbocycles. The summed E-state index contributed by atoms with van der Waals surface area (Å²) in [5.41, 5.74) is -0.711. The average molecular weight is 623 g/mol. The number of hydrogen-bond acceptors (Lipinski definition) is 3. The highest BCUT2D eigenvalue weighted by molar-refractivity contribution is 5.24. The number of benzene rings is 1. The summed E-state index contributed by atoms with van der Waals surface area (Å²) in [6.07, 6.45) is 19.1. The Bertz CT molecular complexity index is 800. The molecule has 252 valence electrons. The lowest BCUT2D eigenvalue weighted by atomic mass is 9.91.